The van der Waals surface area contributed by atoms with Crippen molar-refractivity contribution in [3.8, 4) is 0 Å². The highest BCUT2D eigenvalue weighted by atomic mass is 19.4. The van der Waals surface area contributed by atoms with Gasteiger partial charge in [-0.05, 0) is 31.6 Å². The van der Waals surface area contributed by atoms with Crippen LogP contribution in [0.3, 0.4) is 0 Å². The Morgan fingerprint density at radius 3 is 2.45 bits per heavy atom. The highest BCUT2D eigenvalue weighted by molar-refractivity contribution is 5.77. The maximum Gasteiger partial charge on any atom is 0.405 e. The van der Waals surface area contributed by atoms with Gasteiger partial charge < -0.3 is 15.8 Å². The van der Waals surface area contributed by atoms with E-state index in [1.807, 2.05) is 0 Å². The Balaban J connectivity index is 2.36. The van der Waals surface area contributed by atoms with E-state index in [0.717, 1.165) is 32.1 Å². The van der Waals surface area contributed by atoms with E-state index >= 15 is 0 Å². The molecule has 118 valence electrons. The third-order valence-electron chi connectivity index (χ3n) is 3.96. The molecule has 0 heterocycles. The summed E-state index contributed by atoms with van der Waals surface area (Å²) in [6, 6.07) is 0. The van der Waals surface area contributed by atoms with Crippen LogP contribution in [0.15, 0.2) is 0 Å². The summed E-state index contributed by atoms with van der Waals surface area (Å²) < 4.78 is 41.4. The summed E-state index contributed by atoms with van der Waals surface area (Å²) >= 11 is 0. The molecule has 1 fully saturated rings. The van der Waals surface area contributed by atoms with Gasteiger partial charge in [-0.1, -0.05) is 13.3 Å². The molecule has 3 N–H and O–H groups in total. The Kier molecular flexibility index (Phi) is 6.26. The van der Waals surface area contributed by atoms with Gasteiger partial charge >= 0.3 is 6.18 Å². The molecule has 0 radical (unpaired) electrons. The molecule has 1 amide bonds. The van der Waals surface area contributed by atoms with E-state index in [4.69, 9.17) is 10.5 Å². The second-order valence-electron chi connectivity index (χ2n) is 5.42. The molecule has 0 spiro atoms. The first kappa shape index (κ1) is 17.2. The predicted molar refractivity (Wildman–Crippen MR) is 69.1 cm³/mol. The first-order valence-electron chi connectivity index (χ1n) is 6.98. The number of hydrogen-bond donors (Lipinski definition) is 2. The third-order valence-corrected chi connectivity index (χ3v) is 3.96. The van der Waals surface area contributed by atoms with Crippen LogP contribution in [0.4, 0.5) is 13.2 Å². The minimum atomic E-state index is -4.40. The number of nitrogens with two attached hydrogens (primary N) is 1. The Bertz CT molecular complexity index is 313. The number of nitrogens with one attached hydrogen (secondary N) is 1. The van der Waals surface area contributed by atoms with Crippen molar-refractivity contribution in [2.24, 2.45) is 11.7 Å². The molecule has 20 heavy (non-hydrogen) atoms. The topological polar surface area (TPSA) is 64.3 Å². The fourth-order valence-electron chi connectivity index (χ4n) is 2.49. The average Bonchev–Trinajstić information content (AvgIpc) is 2.42. The number of carbonyl (C=O) groups excluding carboxylic acids is 1. The normalized spacial score (nSPS) is 27.4. The van der Waals surface area contributed by atoms with Crippen LogP contribution < -0.4 is 11.1 Å². The van der Waals surface area contributed by atoms with Crippen LogP contribution in [0.5, 0.6) is 0 Å². The monoisotopic (exact) mass is 296 g/mol. The molecule has 0 aromatic carbocycles. The van der Waals surface area contributed by atoms with Crippen molar-refractivity contribution in [1.29, 1.82) is 0 Å². The van der Waals surface area contributed by atoms with Gasteiger partial charge in [0.05, 0.1) is 5.60 Å². The van der Waals surface area contributed by atoms with E-state index in [2.05, 4.69) is 6.92 Å². The molecule has 0 bridgehead atoms. The zero-order valence-corrected chi connectivity index (χ0v) is 11.8. The first-order valence-corrected chi connectivity index (χ1v) is 6.98. The van der Waals surface area contributed by atoms with E-state index in [1.54, 1.807) is 5.32 Å². The summed E-state index contributed by atoms with van der Waals surface area (Å²) in [6.45, 7) is 0.717. The largest absolute Gasteiger partial charge is 0.405 e. The number of amides is 1. The van der Waals surface area contributed by atoms with Crippen LogP contribution in [0.25, 0.3) is 0 Å². The van der Waals surface area contributed by atoms with Crippen molar-refractivity contribution in [2.45, 2.75) is 50.8 Å². The molecule has 0 saturated heterocycles. The Hall–Kier alpha value is -0.820. The third kappa shape index (κ3) is 5.66. The van der Waals surface area contributed by atoms with Gasteiger partial charge in [0.1, 0.15) is 13.2 Å². The second kappa shape index (κ2) is 7.26. The van der Waals surface area contributed by atoms with E-state index in [1.165, 1.54) is 0 Å². The van der Waals surface area contributed by atoms with Crippen LogP contribution in [0.2, 0.25) is 0 Å². The summed E-state index contributed by atoms with van der Waals surface area (Å²) in [5, 5.41) is 1.79. The Morgan fingerprint density at radius 1 is 1.40 bits per heavy atom. The number of carbonyl (C=O) groups is 1. The zero-order chi connectivity index (χ0) is 15.2. The lowest BCUT2D eigenvalue weighted by Crippen LogP contribution is -2.46. The summed E-state index contributed by atoms with van der Waals surface area (Å²) in [4.78, 5) is 11.3. The molecule has 0 aliphatic heterocycles. The molecule has 0 aromatic rings. The lowest BCUT2D eigenvalue weighted by atomic mass is 9.77. The van der Waals surface area contributed by atoms with Crippen molar-refractivity contribution in [3.63, 3.8) is 0 Å². The smallest absolute Gasteiger partial charge is 0.364 e. The van der Waals surface area contributed by atoms with Crippen molar-refractivity contribution < 1.29 is 22.7 Å². The molecular formula is C13H23F3N2O2. The molecule has 1 aliphatic rings. The van der Waals surface area contributed by atoms with Crippen molar-refractivity contribution in [1.82, 2.24) is 5.32 Å². The molecule has 0 unspecified atom stereocenters. The van der Waals surface area contributed by atoms with Gasteiger partial charge in [-0.2, -0.15) is 13.2 Å². The van der Waals surface area contributed by atoms with Crippen LogP contribution in [0, 0.1) is 5.92 Å². The second-order valence-corrected chi connectivity index (χ2v) is 5.42. The predicted octanol–water partition coefficient (Wildman–Crippen LogP) is 1.98. The molecule has 1 aliphatic carbocycles. The van der Waals surface area contributed by atoms with E-state index in [0.29, 0.717) is 5.92 Å². The summed E-state index contributed by atoms with van der Waals surface area (Å²) in [5.74, 6) is -0.106. The quantitative estimate of drug-likeness (QED) is 0.787. The number of rotatable bonds is 6. The van der Waals surface area contributed by atoms with E-state index in [9.17, 15) is 18.0 Å². The lowest BCUT2D eigenvalue weighted by Gasteiger charge is -2.39. The number of alkyl halides is 3. The van der Waals surface area contributed by atoms with Gasteiger partial charge in [0, 0.05) is 6.54 Å². The number of ether oxygens (including phenoxy) is 1. The SMILES string of the molecule is CCC1CCC(CN)(OCC(=O)NCC(F)(F)F)CC1. The Morgan fingerprint density at radius 2 is 2.00 bits per heavy atom. The van der Waals surface area contributed by atoms with Crippen LogP contribution in [-0.4, -0.2) is 37.4 Å². The highest BCUT2D eigenvalue weighted by Crippen LogP contribution is 2.35. The molecule has 0 atom stereocenters. The maximum atomic E-state index is 12.0. The van der Waals surface area contributed by atoms with Crippen LogP contribution in [0.1, 0.15) is 39.0 Å². The molecule has 0 aromatic heterocycles. The fraction of sp³-hybridized carbons (Fsp3) is 0.923. The van der Waals surface area contributed by atoms with Gasteiger partial charge in [-0.3, -0.25) is 4.79 Å². The van der Waals surface area contributed by atoms with Gasteiger partial charge in [-0.25, -0.2) is 0 Å². The standard InChI is InChI=1S/C13H23F3N2O2/c1-2-10-3-5-12(8-17,6-4-10)20-7-11(19)18-9-13(14,15)16/h10H,2-9,17H2,1H3,(H,18,19). The van der Waals surface area contributed by atoms with E-state index in [-0.39, 0.29) is 13.2 Å². The van der Waals surface area contributed by atoms with Gasteiger partial charge in [-0.15, -0.1) is 0 Å². The molecule has 7 heteroatoms. The molecule has 4 nitrogen and oxygen atoms in total. The van der Waals surface area contributed by atoms with Crippen molar-refractivity contribution in [2.75, 3.05) is 19.7 Å². The van der Waals surface area contributed by atoms with Gasteiger partial charge in [0.25, 0.3) is 0 Å². The fourth-order valence-corrected chi connectivity index (χ4v) is 2.49. The van der Waals surface area contributed by atoms with Gasteiger partial charge in [0.15, 0.2) is 0 Å². The first-order chi connectivity index (χ1) is 9.30. The molecular weight excluding hydrogens is 273 g/mol. The number of halogens is 3. The molecule has 1 saturated carbocycles. The van der Waals surface area contributed by atoms with Crippen LogP contribution >= 0.6 is 0 Å². The maximum absolute atomic E-state index is 12.0. The minimum Gasteiger partial charge on any atom is -0.364 e. The lowest BCUT2D eigenvalue weighted by molar-refractivity contribution is -0.147. The van der Waals surface area contributed by atoms with Crippen molar-refractivity contribution >= 4 is 5.91 Å². The summed E-state index contributed by atoms with van der Waals surface area (Å²) in [5.41, 5.74) is 5.16. The van der Waals surface area contributed by atoms with E-state index < -0.39 is 24.2 Å². The molecule has 1 rings (SSSR count). The van der Waals surface area contributed by atoms with Crippen molar-refractivity contribution in [3.05, 3.63) is 0 Å². The number of hydrogen-bond acceptors (Lipinski definition) is 3. The summed E-state index contributed by atoms with van der Waals surface area (Å²) in [7, 11) is 0. The minimum absolute atomic E-state index is 0.288. The summed E-state index contributed by atoms with van der Waals surface area (Å²) in [6.07, 6.45) is 0.186. The van der Waals surface area contributed by atoms with Gasteiger partial charge in [0.2, 0.25) is 5.91 Å². The highest BCUT2D eigenvalue weighted by Gasteiger charge is 2.35. The average molecular weight is 296 g/mol. The Labute approximate surface area is 117 Å². The zero-order valence-electron chi connectivity index (χ0n) is 11.8. The van der Waals surface area contributed by atoms with Crippen LogP contribution in [-0.2, 0) is 9.53 Å².